The average Bonchev–Trinajstić information content (AvgIpc) is 2.92. The van der Waals surface area contributed by atoms with Crippen LogP contribution in [0, 0.1) is 0 Å². The topological polar surface area (TPSA) is 64.5 Å². The number of carbonyl (C=O) groups is 1. The van der Waals surface area contributed by atoms with E-state index in [0.717, 1.165) is 31.4 Å². The summed E-state index contributed by atoms with van der Waals surface area (Å²) in [6, 6.07) is 11.6. The molecule has 2 saturated heterocycles. The molecule has 0 radical (unpaired) electrons. The highest BCUT2D eigenvalue weighted by Crippen LogP contribution is 2.37. The Labute approximate surface area is 146 Å². The van der Waals surface area contributed by atoms with E-state index in [1.165, 1.54) is 0 Å². The van der Waals surface area contributed by atoms with Crippen LogP contribution >= 0.6 is 0 Å². The van der Waals surface area contributed by atoms with Crippen LogP contribution in [-0.4, -0.2) is 39.1 Å². The maximum atomic E-state index is 12.5. The molecule has 2 fully saturated rings. The van der Waals surface area contributed by atoms with Crippen molar-refractivity contribution >= 4 is 6.09 Å². The van der Waals surface area contributed by atoms with Gasteiger partial charge in [-0.15, -0.1) is 0 Å². The lowest BCUT2D eigenvalue weighted by Crippen LogP contribution is -2.49. The van der Waals surface area contributed by atoms with Crippen molar-refractivity contribution in [1.82, 2.24) is 14.9 Å². The van der Waals surface area contributed by atoms with E-state index in [1.54, 1.807) is 12.4 Å². The molecule has 130 valence electrons. The predicted molar refractivity (Wildman–Crippen MR) is 91.0 cm³/mol. The first-order chi connectivity index (χ1) is 12.3. The van der Waals surface area contributed by atoms with Gasteiger partial charge in [0.15, 0.2) is 0 Å². The van der Waals surface area contributed by atoms with Gasteiger partial charge in [0.2, 0.25) is 5.88 Å². The Hall–Kier alpha value is -2.63. The molecule has 2 unspecified atom stereocenters. The Bertz CT molecular complexity index is 696. The molecule has 0 saturated carbocycles. The molecule has 0 aromatic carbocycles. The first-order valence-corrected chi connectivity index (χ1v) is 8.72. The zero-order chi connectivity index (χ0) is 17.1. The van der Waals surface area contributed by atoms with Crippen LogP contribution in [0.3, 0.4) is 0 Å². The van der Waals surface area contributed by atoms with Crippen molar-refractivity contribution < 1.29 is 14.3 Å². The molecule has 2 bridgehead atoms. The van der Waals surface area contributed by atoms with Crippen LogP contribution in [0.2, 0.25) is 0 Å². The number of nitrogens with zero attached hydrogens (tertiary/aromatic N) is 3. The van der Waals surface area contributed by atoms with Gasteiger partial charge in [-0.3, -0.25) is 4.98 Å². The number of piperidine rings is 1. The number of aromatic nitrogens is 2. The predicted octanol–water partition coefficient (Wildman–Crippen LogP) is 3.19. The summed E-state index contributed by atoms with van der Waals surface area (Å²) >= 11 is 0. The summed E-state index contributed by atoms with van der Waals surface area (Å²) in [6.45, 7) is 0.212. The van der Waals surface area contributed by atoms with Gasteiger partial charge >= 0.3 is 6.09 Å². The normalized spacial score (nSPS) is 24.8. The minimum atomic E-state index is -0.241. The van der Waals surface area contributed by atoms with Crippen LogP contribution in [0.4, 0.5) is 4.79 Å². The molecule has 2 aromatic heterocycles. The first-order valence-electron chi connectivity index (χ1n) is 8.72. The molecule has 1 amide bonds. The Morgan fingerprint density at radius 1 is 1.04 bits per heavy atom. The van der Waals surface area contributed by atoms with E-state index < -0.39 is 0 Å². The number of ether oxygens (including phenoxy) is 2. The number of fused-ring (bicyclic) bond motifs is 2. The molecule has 0 spiro atoms. The summed E-state index contributed by atoms with van der Waals surface area (Å²) in [7, 11) is 0. The van der Waals surface area contributed by atoms with Crippen LogP contribution in [0.15, 0.2) is 48.8 Å². The lowest BCUT2D eigenvalue weighted by atomic mass is 10.0. The average molecular weight is 339 g/mol. The first kappa shape index (κ1) is 15.9. The van der Waals surface area contributed by atoms with Crippen molar-refractivity contribution in [1.29, 1.82) is 0 Å². The molecular weight excluding hydrogens is 318 g/mol. The Morgan fingerprint density at radius 3 is 2.40 bits per heavy atom. The maximum Gasteiger partial charge on any atom is 0.410 e. The van der Waals surface area contributed by atoms with Crippen LogP contribution in [-0.2, 0) is 11.3 Å². The Kier molecular flexibility index (Phi) is 4.50. The third-order valence-corrected chi connectivity index (χ3v) is 4.90. The second kappa shape index (κ2) is 7.09. The van der Waals surface area contributed by atoms with E-state index in [1.807, 2.05) is 41.3 Å². The number of hydrogen-bond acceptors (Lipinski definition) is 5. The number of carbonyl (C=O) groups excluding carboxylic acids is 1. The van der Waals surface area contributed by atoms with E-state index in [-0.39, 0.29) is 30.9 Å². The largest absolute Gasteiger partial charge is 0.474 e. The van der Waals surface area contributed by atoms with Crippen molar-refractivity contribution in [2.24, 2.45) is 0 Å². The molecule has 6 nitrogen and oxygen atoms in total. The van der Waals surface area contributed by atoms with Crippen LogP contribution < -0.4 is 4.74 Å². The van der Waals surface area contributed by atoms with Crippen LogP contribution in [0.25, 0.3) is 0 Å². The zero-order valence-electron chi connectivity index (χ0n) is 14.0. The molecule has 4 rings (SSSR count). The van der Waals surface area contributed by atoms with E-state index in [2.05, 4.69) is 9.97 Å². The van der Waals surface area contributed by atoms with E-state index in [4.69, 9.17) is 9.47 Å². The molecule has 2 aliphatic heterocycles. The van der Waals surface area contributed by atoms with E-state index in [0.29, 0.717) is 5.88 Å². The Balaban J connectivity index is 1.34. The zero-order valence-corrected chi connectivity index (χ0v) is 14.0. The van der Waals surface area contributed by atoms with Gasteiger partial charge in [-0.25, -0.2) is 9.78 Å². The highest BCUT2D eigenvalue weighted by molar-refractivity contribution is 5.69. The minimum Gasteiger partial charge on any atom is -0.474 e. The van der Waals surface area contributed by atoms with Gasteiger partial charge in [0.1, 0.15) is 12.7 Å². The summed E-state index contributed by atoms with van der Waals surface area (Å²) in [5, 5.41) is 0. The molecule has 2 atom stereocenters. The van der Waals surface area contributed by atoms with E-state index in [9.17, 15) is 4.79 Å². The van der Waals surface area contributed by atoms with Gasteiger partial charge in [0, 0.05) is 43.4 Å². The van der Waals surface area contributed by atoms with Crippen molar-refractivity contribution in [3.63, 3.8) is 0 Å². The molecule has 4 heterocycles. The summed E-state index contributed by atoms with van der Waals surface area (Å²) in [4.78, 5) is 22.8. The van der Waals surface area contributed by atoms with Gasteiger partial charge in [-0.1, -0.05) is 12.1 Å². The number of rotatable bonds is 4. The molecule has 25 heavy (non-hydrogen) atoms. The van der Waals surface area contributed by atoms with Gasteiger partial charge < -0.3 is 14.4 Å². The fourth-order valence-corrected chi connectivity index (χ4v) is 3.80. The molecule has 2 aromatic rings. The Morgan fingerprint density at radius 2 is 1.76 bits per heavy atom. The monoisotopic (exact) mass is 339 g/mol. The van der Waals surface area contributed by atoms with Crippen molar-refractivity contribution in [3.05, 3.63) is 54.5 Å². The summed E-state index contributed by atoms with van der Waals surface area (Å²) in [5.41, 5.74) is 0.761. The molecular formula is C19H21N3O3. The maximum absolute atomic E-state index is 12.5. The third kappa shape index (κ3) is 3.57. The fraction of sp³-hybridized carbons (Fsp3) is 0.421. The third-order valence-electron chi connectivity index (χ3n) is 4.90. The SMILES string of the molecule is O=C(OCc1ccccn1)N1C2CCC1CC(Oc1ccccn1)C2. The van der Waals surface area contributed by atoms with Crippen LogP contribution in [0.5, 0.6) is 5.88 Å². The summed E-state index contributed by atoms with van der Waals surface area (Å²) in [5.74, 6) is 0.651. The van der Waals surface area contributed by atoms with Gasteiger partial charge in [0.25, 0.3) is 0 Å². The highest BCUT2D eigenvalue weighted by atomic mass is 16.6. The molecule has 6 heteroatoms. The number of pyridine rings is 2. The van der Waals surface area contributed by atoms with Gasteiger partial charge in [-0.05, 0) is 31.0 Å². The van der Waals surface area contributed by atoms with Crippen molar-refractivity contribution in [2.75, 3.05) is 0 Å². The lowest BCUT2D eigenvalue weighted by Gasteiger charge is -2.37. The number of hydrogen-bond donors (Lipinski definition) is 0. The molecule has 2 aliphatic rings. The van der Waals surface area contributed by atoms with E-state index >= 15 is 0 Å². The van der Waals surface area contributed by atoms with Crippen LogP contribution in [0.1, 0.15) is 31.4 Å². The quantitative estimate of drug-likeness (QED) is 0.856. The molecule has 0 N–H and O–H groups in total. The number of amides is 1. The second-order valence-corrected chi connectivity index (χ2v) is 6.55. The standard InChI is InChI=1S/C19H21N3O3/c23-19(24-13-14-5-1-3-9-20-14)22-15-7-8-16(22)12-17(11-15)25-18-6-2-4-10-21-18/h1-6,9-10,15-17H,7-8,11-13H2. The van der Waals surface area contributed by atoms with Gasteiger partial charge in [-0.2, -0.15) is 0 Å². The smallest absolute Gasteiger partial charge is 0.410 e. The highest BCUT2D eigenvalue weighted by Gasteiger charge is 2.45. The lowest BCUT2D eigenvalue weighted by molar-refractivity contribution is 0.0287. The fourth-order valence-electron chi connectivity index (χ4n) is 3.80. The van der Waals surface area contributed by atoms with Gasteiger partial charge in [0.05, 0.1) is 5.69 Å². The van der Waals surface area contributed by atoms with Crippen molar-refractivity contribution in [2.45, 2.75) is 50.5 Å². The minimum absolute atomic E-state index is 0.104. The second-order valence-electron chi connectivity index (χ2n) is 6.55. The summed E-state index contributed by atoms with van der Waals surface area (Å²) in [6.07, 6.45) is 6.96. The van der Waals surface area contributed by atoms with Crippen molar-refractivity contribution in [3.8, 4) is 5.88 Å². The summed E-state index contributed by atoms with van der Waals surface area (Å²) < 4.78 is 11.5. The molecule has 0 aliphatic carbocycles.